The van der Waals surface area contributed by atoms with E-state index in [-0.39, 0.29) is 11.7 Å². The van der Waals surface area contributed by atoms with E-state index in [9.17, 15) is 4.79 Å². The van der Waals surface area contributed by atoms with Crippen LogP contribution < -0.4 is 0 Å². The van der Waals surface area contributed by atoms with Gasteiger partial charge in [-0.1, -0.05) is 23.4 Å². The topological polar surface area (TPSA) is 52.1 Å². The Morgan fingerprint density at radius 1 is 1.44 bits per heavy atom. The summed E-state index contributed by atoms with van der Waals surface area (Å²) in [6.07, 6.45) is 0. The summed E-state index contributed by atoms with van der Waals surface area (Å²) in [4.78, 5) is 11.4. The highest BCUT2D eigenvalue weighted by molar-refractivity contribution is 7.99. The number of ether oxygens (including phenoxy) is 1. The molecule has 1 aromatic rings. The molecule has 16 heavy (non-hydrogen) atoms. The Morgan fingerprint density at radius 2 is 2.12 bits per heavy atom. The maximum absolute atomic E-state index is 11.4. The molecule has 0 aliphatic heterocycles. The first-order valence-electron chi connectivity index (χ1n) is 4.71. The fraction of sp³-hybridized carbons (Fsp3) is 0.500. The maximum Gasteiger partial charge on any atom is 0.316 e. The summed E-state index contributed by atoms with van der Waals surface area (Å²) in [6, 6.07) is 3.34. The zero-order chi connectivity index (χ0) is 12.2. The van der Waals surface area contributed by atoms with E-state index in [0.29, 0.717) is 10.2 Å². The molecule has 0 N–H and O–H groups in total. The number of nitrogens with zero attached hydrogens (tertiary/aromatic N) is 2. The van der Waals surface area contributed by atoms with Gasteiger partial charge in [-0.25, -0.2) is 0 Å². The normalized spacial score (nSPS) is 11.2. The average Bonchev–Trinajstić information content (AvgIpc) is 2.14. The molecule has 0 fully saturated rings. The Bertz CT molecular complexity index is 362. The minimum Gasteiger partial charge on any atom is -0.459 e. The van der Waals surface area contributed by atoms with E-state index in [1.54, 1.807) is 12.1 Å². The van der Waals surface area contributed by atoms with Crippen molar-refractivity contribution in [3.63, 3.8) is 0 Å². The molecule has 0 radical (unpaired) electrons. The third-order valence-corrected chi connectivity index (χ3v) is 2.46. The highest BCUT2D eigenvalue weighted by Gasteiger charge is 2.16. The van der Waals surface area contributed by atoms with Crippen LogP contribution in [0.4, 0.5) is 0 Å². The Balaban J connectivity index is 2.40. The molecule has 0 aliphatic carbocycles. The fourth-order valence-corrected chi connectivity index (χ4v) is 1.57. The van der Waals surface area contributed by atoms with Crippen molar-refractivity contribution < 1.29 is 9.53 Å². The van der Waals surface area contributed by atoms with Crippen molar-refractivity contribution in [3.05, 3.63) is 17.3 Å². The molecule has 0 atom stereocenters. The van der Waals surface area contributed by atoms with Crippen LogP contribution in [0.15, 0.2) is 17.2 Å². The zero-order valence-electron chi connectivity index (χ0n) is 9.36. The molecule has 1 aromatic heterocycles. The predicted molar refractivity (Wildman–Crippen MR) is 63.6 cm³/mol. The molecular weight excluding hydrogens is 248 g/mol. The fourth-order valence-electron chi connectivity index (χ4n) is 0.885. The van der Waals surface area contributed by atoms with Gasteiger partial charge in [0.15, 0.2) is 5.15 Å². The van der Waals surface area contributed by atoms with E-state index in [1.807, 2.05) is 20.8 Å². The van der Waals surface area contributed by atoms with Crippen molar-refractivity contribution in [1.82, 2.24) is 10.2 Å². The molecule has 1 heterocycles. The molecule has 4 nitrogen and oxygen atoms in total. The minimum absolute atomic E-state index is 0.216. The van der Waals surface area contributed by atoms with Gasteiger partial charge in [-0.2, -0.15) is 0 Å². The molecule has 6 heteroatoms. The van der Waals surface area contributed by atoms with Crippen LogP contribution in [0.25, 0.3) is 0 Å². The number of carbonyl (C=O) groups excluding carboxylic acids is 1. The van der Waals surface area contributed by atoms with Gasteiger partial charge in [0, 0.05) is 0 Å². The van der Waals surface area contributed by atoms with Crippen molar-refractivity contribution in [2.45, 2.75) is 31.4 Å². The number of hydrogen-bond acceptors (Lipinski definition) is 5. The number of aromatic nitrogens is 2. The van der Waals surface area contributed by atoms with Gasteiger partial charge in [-0.15, -0.1) is 10.2 Å². The highest BCUT2D eigenvalue weighted by Crippen LogP contribution is 2.17. The van der Waals surface area contributed by atoms with E-state index >= 15 is 0 Å². The number of thioether (sulfide) groups is 1. The van der Waals surface area contributed by atoms with Gasteiger partial charge in [-0.05, 0) is 32.9 Å². The second kappa shape index (κ2) is 5.50. The first kappa shape index (κ1) is 13.3. The van der Waals surface area contributed by atoms with Crippen LogP contribution in [0.2, 0.25) is 5.15 Å². The Kier molecular flexibility index (Phi) is 4.56. The monoisotopic (exact) mass is 260 g/mol. The molecule has 0 spiro atoms. The van der Waals surface area contributed by atoms with Gasteiger partial charge < -0.3 is 4.74 Å². The lowest BCUT2D eigenvalue weighted by Crippen LogP contribution is -2.24. The summed E-state index contributed by atoms with van der Waals surface area (Å²) >= 11 is 6.86. The van der Waals surface area contributed by atoms with E-state index in [1.165, 1.54) is 11.8 Å². The minimum atomic E-state index is -0.455. The second-order valence-corrected chi connectivity index (χ2v) is 5.45. The molecule has 1 rings (SSSR count). The highest BCUT2D eigenvalue weighted by atomic mass is 35.5. The summed E-state index contributed by atoms with van der Waals surface area (Å²) in [6.45, 7) is 5.49. The van der Waals surface area contributed by atoms with Crippen LogP contribution in [-0.4, -0.2) is 27.5 Å². The van der Waals surface area contributed by atoms with E-state index < -0.39 is 5.60 Å². The summed E-state index contributed by atoms with van der Waals surface area (Å²) in [5, 5.41) is 8.48. The molecule has 0 aromatic carbocycles. The SMILES string of the molecule is CC(C)(C)OC(=O)CSc1ccc(Cl)nn1. The lowest BCUT2D eigenvalue weighted by molar-refractivity contribution is -0.151. The molecule has 0 bridgehead atoms. The number of rotatable bonds is 3. The third kappa shape index (κ3) is 5.32. The van der Waals surface area contributed by atoms with Gasteiger partial charge in [-0.3, -0.25) is 4.79 Å². The smallest absolute Gasteiger partial charge is 0.316 e. The van der Waals surface area contributed by atoms with E-state index in [2.05, 4.69) is 10.2 Å². The van der Waals surface area contributed by atoms with Crippen molar-refractivity contribution in [2.24, 2.45) is 0 Å². The summed E-state index contributed by atoms with van der Waals surface area (Å²) < 4.78 is 5.15. The van der Waals surface area contributed by atoms with Crippen LogP contribution in [0.1, 0.15) is 20.8 Å². The Hall–Kier alpha value is -0.810. The van der Waals surface area contributed by atoms with Gasteiger partial charge in [0.1, 0.15) is 10.6 Å². The van der Waals surface area contributed by atoms with Crippen LogP contribution >= 0.6 is 23.4 Å². The average molecular weight is 261 g/mol. The lowest BCUT2D eigenvalue weighted by Gasteiger charge is -2.19. The summed E-state index contributed by atoms with van der Waals surface area (Å²) in [5.74, 6) is -0.0534. The zero-order valence-corrected chi connectivity index (χ0v) is 10.9. The Labute approximate surface area is 104 Å². The third-order valence-electron chi connectivity index (χ3n) is 1.37. The predicted octanol–water partition coefficient (Wildman–Crippen LogP) is 2.56. The first-order chi connectivity index (χ1) is 7.37. The van der Waals surface area contributed by atoms with Crippen LogP contribution in [-0.2, 0) is 9.53 Å². The molecule has 0 saturated carbocycles. The van der Waals surface area contributed by atoms with Crippen molar-refractivity contribution in [2.75, 3.05) is 5.75 Å². The van der Waals surface area contributed by atoms with Gasteiger partial charge in [0.25, 0.3) is 0 Å². The van der Waals surface area contributed by atoms with Crippen LogP contribution in [0, 0.1) is 0 Å². The summed E-state index contributed by atoms with van der Waals surface area (Å²) in [5.41, 5.74) is -0.455. The number of esters is 1. The number of halogens is 1. The number of hydrogen-bond donors (Lipinski definition) is 0. The van der Waals surface area contributed by atoms with Crippen LogP contribution in [0.5, 0.6) is 0 Å². The number of carbonyl (C=O) groups is 1. The molecule has 88 valence electrons. The molecular formula is C10H13ClN2O2S. The van der Waals surface area contributed by atoms with E-state index in [4.69, 9.17) is 16.3 Å². The molecule has 0 aliphatic rings. The van der Waals surface area contributed by atoms with Crippen molar-refractivity contribution in [3.8, 4) is 0 Å². The largest absolute Gasteiger partial charge is 0.459 e. The maximum atomic E-state index is 11.4. The van der Waals surface area contributed by atoms with Crippen molar-refractivity contribution >= 4 is 29.3 Å². The van der Waals surface area contributed by atoms with Gasteiger partial charge >= 0.3 is 5.97 Å². The van der Waals surface area contributed by atoms with Crippen LogP contribution in [0.3, 0.4) is 0 Å². The van der Waals surface area contributed by atoms with Gasteiger partial charge in [0.2, 0.25) is 0 Å². The first-order valence-corrected chi connectivity index (χ1v) is 6.07. The van der Waals surface area contributed by atoms with Crippen molar-refractivity contribution in [1.29, 1.82) is 0 Å². The molecule has 0 unspecified atom stereocenters. The quantitative estimate of drug-likeness (QED) is 0.618. The van der Waals surface area contributed by atoms with E-state index in [0.717, 1.165) is 0 Å². The van der Waals surface area contributed by atoms with Gasteiger partial charge in [0.05, 0.1) is 5.75 Å². The second-order valence-electron chi connectivity index (χ2n) is 4.07. The lowest BCUT2D eigenvalue weighted by atomic mass is 10.2. The Morgan fingerprint density at radius 3 is 2.62 bits per heavy atom. The standard InChI is InChI=1S/C10H13ClN2O2S/c1-10(2,3)15-9(14)6-16-8-5-4-7(11)12-13-8/h4-5H,6H2,1-3H3. The summed E-state index contributed by atoms with van der Waals surface area (Å²) in [7, 11) is 0. The molecule has 0 amide bonds. The molecule has 0 saturated heterocycles.